The summed E-state index contributed by atoms with van der Waals surface area (Å²) in [5.74, 6) is 0.472. The largest absolute Gasteiger partial charge is 0.352 e. The first kappa shape index (κ1) is 14.9. The molecule has 1 saturated heterocycles. The van der Waals surface area contributed by atoms with Crippen molar-refractivity contribution < 1.29 is 17.9 Å². The molecule has 1 atom stereocenters. The Morgan fingerprint density at radius 3 is 2.35 bits per heavy atom. The number of ether oxygens (including phenoxy) is 2. The van der Waals surface area contributed by atoms with E-state index in [1.165, 1.54) is 0 Å². The molecule has 17 heavy (non-hydrogen) atoms. The van der Waals surface area contributed by atoms with Crippen LogP contribution in [0, 0.1) is 0 Å². The van der Waals surface area contributed by atoms with E-state index in [9.17, 15) is 8.42 Å². The molecule has 5 nitrogen and oxygen atoms in total. The van der Waals surface area contributed by atoms with Crippen molar-refractivity contribution in [3.8, 4) is 0 Å². The van der Waals surface area contributed by atoms with Gasteiger partial charge < -0.3 is 9.47 Å². The maximum absolute atomic E-state index is 11.5. The molecular formula is C11H23NO4S. The molecule has 0 aromatic heterocycles. The first-order chi connectivity index (χ1) is 7.98. The highest BCUT2D eigenvalue weighted by atomic mass is 32.2. The molecule has 0 aliphatic carbocycles. The summed E-state index contributed by atoms with van der Waals surface area (Å²) < 4.78 is 33.9. The van der Waals surface area contributed by atoms with E-state index in [1.807, 2.05) is 20.8 Å². The Bertz CT molecular complexity index is 311. The van der Waals surface area contributed by atoms with Crippen molar-refractivity contribution in [1.29, 1.82) is 0 Å². The van der Waals surface area contributed by atoms with Gasteiger partial charge in [-0.05, 0) is 20.8 Å². The molecule has 1 aliphatic heterocycles. The zero-order valence-electron chi connectivity index (χ0n) is 10.9. The van der Waals surface area contributed by atoms with Crippen LogP contribution in [0.15, 0.2) is 0 Å². The maximum atomic E-state index is 11.5. The summed E-state index contributed by atoms with van der Waals surface area (Å²) in [5, 5.41) is 0. The van der Waals surface area contributed by atoms with E-state index in [1.54, 1.807) is 0 Å². The van der Waals surface area contributed by atoms with Crippen LogP contribution in [0.5, 0.6) is 0 Å². The van der Waals surface area contributed by atoms with E-state index in [4.69, 9.17) is 9.47 Å². The summed E-state index contributed by atoms with van der Waals surface area (Å²) in [6, 6.07) is 0.0390. The molecule has 1 aliphatic rings. The molecule has 0 spiro atoms. The van der Waals surface area contributed by atoms with E-state index in [-0.39, 0.29) is 23.8 Å². The fraction of sp³-hybridized carbons (Fsp3) is 1.00. The summed E-state index contributed by atoms with van der Waals surface area (Å²) in [7, 11) is -2.85. The van der Waals surface area contributed by atoms with E-state index in [0.29, 0.717) is 26.3 Å². The second-order valence-corrected chi connectivity index (χ2v) is 6.53. The van der Waals surface area contributed by atoms with Gasteiger partial charge in [-0.3, -0.25) is 4.90 Å². The van der Waals surface area contributed by atoms with Gasteiger partial charge in [0.2, 0.25) is 0 Å². The highest BCUT2D eigenvalue weighted by Gasteiger charge is 2.29. The van der Waals surface area contributed by atoms with Gasteiger partial charge in [-0.25, -0.2) is 8.42 Å². The van der Waals surface area contributed by atoms with Crippen LogP contribution < -0.4 is 0 Å². The van der Waals surface area contributed by atoms with Crippen LogP contribution in [0.3, 0.4) is 0 Å². The van der Waals surface area contributed by atoms with Crippen LogP contribution in [0.4, 0.5) is 0 Å². The normalized spacial score (nSPS) is 25.3. The first-order valence-electron chi connectivity index (χ1n) is 6.16. The molecule has 0 saturated carbocycles. The van der Waals surface area contributed by atoms with Gasteiger partial charge in [0.1, 0.15) is 0 Å². The standard InChI is InChI=1S/C11H23NO4S/c1-4-15-11(16-5-2)8-12-6-7-17(13,14)9-10(12)3/h10-11H,4-9H2,1-3H3. The number of rotatable bonds is 6. The SMILES string of the molecule is CCOC(CN1CCS(=O)(=O)CC1C)OCC. The molecule has 6 heteroatoms. The van der Waals surface area contributed by atoms with Crippen LogP contribution in [-0.4, -0.2) is 63.5 Å². The molecule has 102 valence electrons. The third kappa shape index (κ3) is 4.91. The summed E-state index contributed by atoms with van der Waals surface area (Å²) in [5.41, 5.74) is 0. The van der Waals surface area contributed by atoms with Crippen molar-refractivity contribution >= 4 is 9.84 Å². The fourth-order valence-corrected chi connectivity index (χ4v) is 3.65. The molecule has 0 aromatic rings. The van der Waals surface area contributed by atoms with Gasteiger partial charge in [0.25, 0.3) is 0 Å². The van der Waals surface area contributed by atoms with Gasteiger partial charge in [-0.15, -0.1) is 0 Å². The van der Waals surface area contributed by atoms with Crippen molar-refractivity contribution in [3.63, 3.8) is 0 Å². The third-order valence-electron chi connectivity index (χ3n) is 2.90. The Labute approximate surface area is 104 Å². The summed E-state index contributed by atoms with van der Waals surface area (Å²) in [6.07, 6.45) is -0.256. The molecule has 1 heterocycles. The van der Waals surface area contributed by atoms with Crippen LogP contribution >= 0.6 is 0 Å². The molecule has 1 unspecified atom stereocenters. The molecular weight excluding hydrogens is 242 g/mol. The summed E-state index contributed by atoms with van der Waals surface area (Å²) in [6.45, 7) is 8.20. The Hall–Kier alpha value is -0.170. The van der Waals surface area contributed by atoms with E-state index < -0.39 is 9.84 Å². The van der Waals surface area contributed by atoms with Gasteiger partial charge in [-0.2, -0.15) is 0 Å². The average Bonchev–Trinajstić information content (AvgIpc) is 2.22. The Morgan fingerprint density at radius 1 is 1.29 bits per heavy atom. The van der Waals surface area contributed by atoms with Gasteiger partial charge in [0, 0.05) is 32.3 Å². The number of hydrogen-bond acceptors (Lipinski definition) is 5. The second-order valence-electron chi connectivity index (χ2n) is 4.30. The average molecular weight is 265 g/mol. The highest BCUT2D eigenvalue weighted by Crippen LogP contribution is 2.13. The highest BCUT2D eigenvalue weighted by molar-refractivity contribution is 7.91. The molecule has 0 radical (unpaired) electrons. The molecule has 1 rings (SSSR count). The van der Waals surface area contributed by atoms with Crippen molar-refractivity contribution in [2.75, 3.05) is 37.8 Å². The monoisotopic (exact) mass is 265 g/mol. The van der Waals surface area contributed by atoms with Crippen molar-refractivity contribution in [1.82, 2.24) is 4.90 Å². The third-order valence-corrected chi connectivity index (χ3v) is 4.69. The number of nitrogens with zero attached hydrogens (tertiary/aromatic N) is 1. The molecule has 0 aromatic carbocycles. The molecule has 1 fully saturated rings. The van der Waals surface area contributed by atoms with Crippen LogP contribution in [0.2, 0.25) is 0 Å². The topological polar surface area (TPSA) is 55.8 Å². The van der Waals surface area contributed by atoms with Crippen molar-refractivity contribution in [2.45, 2.75) is 33.1 Å². The predicted molar refractivity (Wildman–Crippen MR) is 66.7 cm³/mol. The molecule has 0 bridgehead atoms. The van der Waals surface area contributed by atoms with Gasteiger partial charge >= 0.3 is 0 Å². The van der Waals surface area contributed by atoms with E-state index >= 15 is 0 Å². The minimum absolute atomic E-state index is 0.0390. The Morgan fingerprint density at radius 2 is 1.88 bits per heavy atom. The van der Waals surface area contributed by atoms with Crippen LogP contribution in [0.1, 0.15) is 20.8 Å². The summed E-state index contributed by atoms with van der Waals surface area (Å²) >= 11 is 0. The van der Waals surface area contributed by atoms with Crippen LogP contribution in [0.25, 0.3) is 0 Å². The van der Waals surface area contributed by atoms with E-state index in [0.717, 1.165) is 0 Å². The zero-order valence-corrected chi connectivity index (χ0v) is 11.7. The molecule has 0 N–H and O–H groups in total. The lowest BCUT2D eigenvalue weighted by atomic mass is 10.3. The fourth-order valence-electron chi connectivity index (χ4n) is 2.02. The zero-order chi connectivity index (χ0) is 12.9. The van der Waals surface area contributed by atoms with Gasteiger partial charge in [0.15, 0.2) is 16.1 Å². The second kappa shape index (κ2) is 6.68. The van der Waals surface area contributed by atoms with Crippen molar-refractivity contribution in [3.05, 3.63) is 0 Å². The lowest BCUT2D eigenvalue weighted by Crippen LogP contribution is -2.50. The minimum atomic E-state index is -2.85. The van der Waals surface area contributed by atoms with Crippen LogP contribution in [-0.2, 0) is 19.3 Å². The lowest BCUT2D eigenvalue weighted by Gasteiger charge is -2.35. The maximum Gasteiger partial charge on any atom is 0.170 e. The Kier molecular flexibility index (Phi) is 5.85. The van der Waals surface area contributed by atoms with Gasteiger partial charge in [0.05, 0.1) is 11.5 Å². The van der Waals surface area contributed by atoms with Crippen molar-refractivity contribution in [2.24, 2.45) is 0 Å². The predicted octanol–water partition coefficient (Wildman–Crippen LogP) is 0.504. The first-order valence-corrected chi connectivity index (χ1v) is 7.98. The van der Waals surface area contributed by atoms with E-state index in [2.05, 4.69) is 4.90 Å². The number of sulfone groups is 1. The number of hydrogen-bond donors (Lipinski definition) is 0. The van der Waals surface area contributed by atoms with Gasteiger partial charge in [-0.1, -0.05) is 0 Å². The molecule has 0 amide bonds. The summed E-state index contributed by atoms with van der Waals surface area (Å²) in [4.78, 5) is 2.12. The quantitative estimate of drug-likeness (QED) is 0.655. The Balaban J connectivity index is 2.50. The smallest absolute Gasteiger partial charge is 0.170 e. The lowest BCUT2D eigenvalue weighted by molar-refractivity contribution is -0.149. The minimum Gasteiger partial charge on any atom is -0.352 e.